The first kappa shape index (κ1) is 18.8. The van der Waals surface area contributed by atoms with Gasteiger partial charge in [-0.2, -0.15) is 0 Å². The van der Waals surface area contributed by atoms with Crippen LogP contribution in [-0.4, -0.2) is 29.9 Å². The lowest BCUT2D eigenvalue weighted by Crippen LogP contribution is -2.32. The Labute approximate surface area is 150 Å². The molecule has 3 rings (SSSR count). The van der Waals surface area contributed by atoms with Crippen LogP contribution in [0, 0.1) is 0 Å². The van der Waals surface area contributed by atoms with Crippen molar-refractivity contribution >= 4 is 12.4 Å². The molecule has 0 aromatic heterocycles. The first-order valence-corrected chi connectivity index (χ1v) is 8.36. The van der Waals surface area contributed by atoms with Gasteiger partial charge in [-0.1, -0.05) is 42.5 Å². The maximum atomic E-state index is 9.84. The summed E-state index contributed by atoms with van der Waals surface area (Å²) < 4.78 is 5.20. The molecule has 0 bridgehead atoms. The number of rotatable bonds is 6. The molecule has 2 aromatic carbocycles. The zero-order valence-electron chi connectivity index (χ0n) is 14.1. The van der Waals surface area contributed by atoms with Crippen molar-refractivity contribution in [2.45, 2.75) is 37.8 Å². The van der Waals surface area contributed by atoms with Gasteiger partial charge < -0.3 is 9.84 Å². The molecule has 2 atom stereocenters. The van der Waals surface area contributed by atoms with Crippen molar-refractivity contribution < 1.29 is 9.84 Å². The van der Waals surface area contributed by atoms with E-state index in [4.69, 9.17) is 4.74 Å². The standard InChI is InChI=1S/C20H25NO2.ClH/c1-23-19-12-8-16(9-13-19)7-10-18-11-14-20(21(18)15-22)17-5-3-2-4-6-17;/h2-6,8-9,12-13,18,20,22H,7,10-11,14-15H2,1H3;1H. The van der Waals surface area contributed by atoms with Crippen molar-refractivity contribution in [1.82, 2.24) is 4.90 Å². The number of likely N-dealkylation sites (tertiary alicyclic amines) is 1. The van der Waals surface area contributed by atoms with Crippen LogP contribution in [0.5, 0.6) is 5.75 Å². The van der Waals surface area contributed by atoms with Gasteiger partial charge in [0.05, 0.1) is 13.8 Å². The average Bonchev–Trinajstić information content (AvgIpc) is 3.04. The highest BCUT2D eigenvalue weighted by molar-refractivity contribution is 5.85. The Bertz CT molecular complexity index is 603. The molecule has 2 aromatic rings. The molecular formula is C20H26ClNO2. The summed E-state index contributed by atoms with van der Waals surface area (Å²) in [4.78, 5) is 2.25. The van der Waals surface area contributed by atoms with E-state index in [1.807, 2.05) is 18.2 Å². The van der Waals surface area contributed by atoms with Crippen molar-refractivity contribution in [3.8, 4) is 5.75 Å². The van der Waals surface area contributed by atoms with Gasteiger partial charge in [0.15, 0.2) is 0 Å². The Kier molecular flexibility index (Phi) is 7.10. The largest absolute Gasteiger partial charge is 0.497 e. The molecule has 0 amide bonds. The van der Waals surface area contributed by atoms with Gasteiger partial charge in [-0.05, 0) is 48.9 Å². The van der Waals surface area contributed by atoms with Gasteiger partial charge in [0.1, 0.15) is 5.75 Å². The summed E-state index contributed by atoms with van der Waals surface area (Å²) in [6, 6.07) is 19.6. The average molecular weight is 348 g/mol. The number of aryl methyl sites for hydroxylation is 1. The van der Waals surface area contributed by atoms with Gasteiger partial charge in [-0.15, -0.1) is 12.4 Å². The number of halogens is 1. The number of methoxy groups -OCH3 is 1. The molecule has 24 heavy (non-hydrogen) atoms. The lowest BCUT2D eigenvalue weighted by molar-refractivity contribution is 0.0596. The Balaban J connectivity index is 0.00000208. The summed E-state index contributed by atoms with van der Waals surface area (Å²) in [5.41, 5.74) is 2.64. The highest BCUT2D eigenvalue weighted by Gasteiger charge is 2.33. The van der Waals surface area contributed by atoms with Gasteiger partial charge >= 0.3 is 0 Å². The highest BCUT2D eigenvalue weighted by Crippen LogP contribution is 2.37. The second-order valence-corrected chi connectivity index (χ2v) is 6.20. The normalized spacial score (nSPS) is 20.6. The fraction of sp³-hybridized carbons (Fsp3) is 0.400. The van der Waals surface area contributed by atoms with E-state index in [2.05, 4.69) is 41.3 Å². The van der Waals surface area contributed by atoms with Crippen LogP contribution in [0.4, 0.5) is 0 Å². The van der Waals surface area contributed by atoms with Crippen molar-refractivity contribution in [3.63, 3.8) is 0 Å². The fourth-order valence-electron chi connectivity index (χ4n) is 3.62. The lowest BCUT2D eigenvalue weighted by atomic mass is 10.0. The minimum atomic E-state index is 0. The van der Waals surface area contributed by atoms with Crippen LogP contribution >= 0.6 is 12.4 Å². The Hall–Kier alpha value is -1.55. The minimum absolute atomic E-state index is 0. The maximum Gasteiger partial charge on any atom is 0.118 e. The molecule has 0 spiro atoms. The second kappa shape index (κ2) is 9.07. The number of benzene rings is 2. The van der Waals surface area contributed by atoms with E-state index in [1.165, 1.54) is 11.1 Å². The van der Waals surface area contributed by atoms with E-state index in [0.29, 0.717) is 12.1 Å². The van der Waals surface area contributed by atoms with Crippen molar-refractivity contribution in [1.29, 1.82) is 0 Å². The number of nitrogens with zero attached hydrogens (tertiary/aromatic N) is 1. The summed E-state index contributed by atoms with van der Waals surface area (Å²) in [7, 11) is 1.69. The topological polar surface area (TPSA) is 32.7 Å². The smallest absolute Gasteiger partial charge is 0.118 e. The van der Waals surface area contributed by atoms with Crippen LogP contribution in [0.15, 0.2) is 54.6 Å². The molecule has 1 aliphatic rings. The molecule has 2 unspecified atom stereocenters. The molecule has 0 radical (unpaired) electrons. The molecule has 1 fully saturated rings. The minimum Gasteiger partial charge on any atom is -0.497 e. The highest BCUT2D eigenvalue weighted by atomic mass is 35.5. The molecule has 1 heterocycles. The Morgan fingerprint density at radius 2 is 1.75 bits per heavy atom. The maximum absolute atomic E-state index is 9.84. The predicted octanol–water partition coefficient (Wildman–Crippen LogP) is 4.21. The third-order valence-electron chi connectivity index (χ3n) is 4.92. The van der Waals surface area contributed by atoms with Gasteiger partial charge in [-0.25, -0.2) is 0 Å². The van der Waals surface area contributed by atoms with Crippen LogP contribution < -0.4 is 4.74 Å². The quantitative estimate of drug-likeness (QED) is 0.849. The van der Waals surface area contributed by atoms with Crippen molar-refractivity contribution in [3.05, 3.63) is 65.7 Å². The molecule has 0 aliphatic carbocycles. The molecular weight excluding hydrogens is 322 g/mol. The summed E-state index contributed by atoms with van der Waals surface area (Å²) in [6.07, 6.45) is 4.39. The van der Waals surface area contributed by atoms with Gasteiger partial charge in [0.25, 0.3) is 0 Å². The summed E-state index contributed by atoms with van der Waals surface area (Å²) >= 11 is 0. The zero-order valence-corrected chi connectivity index (χ0v) is 14.9. The van der Waals surface area contributed by atoms with Crippen LogP contribution in [0.2, 0.25) is 0 Å². The number of aliphatic hydroxyl groups is 1. The van der Waals surface area contributed by atoms with Crippen LogP contribution in [-0.2, 0) is 6.42 Å². The Morgan fingerprint density at radius 1 is 1.04 bits per heavy atom. The molecule has 1 aliphatic heterocycles. The molecule has 130 valence electrons. The summed E-state index contributed by atoms with van der Waals surface area (Å²) in [5, 5.41) is 9.84. The predicted molar refractivity (Wildman–Crippen MR) is 99.7 cm³/mol. The lowest BCUT2D eigenvalue weighted by Gasteiger charge is -2.28. The van der Waals surface area contributed by atoms with Crippen molar-refractivity contribution in [2.75, 3.05) is 13.8 Å². The van der Waals surface area contributed by atoms with Crippen LogP contribution in [0.25, 0.3) is 0 Å². The van der Waals surface area contributed by atoms with Crippen molar-refractivity contribution in [2.24, 2.45) is 0 Å². The van der Waals surface area contributed by atoms with E-state index >= 15 is 0 Å². The third-order valence-corrected chi connectivity index (χ3v) is 4.92. The molecule has 1 N–H and O–H groups in total. The third kappa shape index (κ3) is 4.29. The van der Waals surface area contributed by atoms with Crippen LogP contribution in [0.1, 0.15) is 36.4 Å². The Morgan fingerprint density at radius 3 is 2.38 bits per heavy atom. The molecule has 1 saturated heterocycles. The second-order valence-electron chi connectivity index (χ2n) is 6.20. The number of ether oxygens (including phenoxy) is 1. The van der Waals surface area contributed by atoms with Crippen LogP contribution in [0.3, 0.4) is 0 Å². The monoisotopic (exact) mass is 347 g/mol. The van der Waals surface area contributed by atoms with E-state index < -0.39 is 0 Å². The number of hydrogen-bond acceptors (Lipinski definition) is 3. The molecule has 3 nitrogen and oxygen atoms in total. The first-order valence-electron chi connectivity index (χ1n) is 8.36. The van der Waals surface area contributed by atoms with E-state index in [9.17, 15) is 5.11 Å². The number of aliphatic hydroxyl groups excluding tert-OH is 1. The number of hydrogen-bond donors (Lipinski definition) is 1. The fourth-order valence-corrected chi connectivity index (χ4v) is 3.62. The summed E-state index contributed by atoms with van der Waals surface area (Å²) in [5.74, 6) is 0.899. The van der Waals surface area contributed by atoms with Gasteiger partial charge in [-0.3, -0.25) is 4.90 Å². The van der Waals surface area contributed by atoms with Gasteiger partial charge in [0, 0.05) is 12.1 Å². The summed E-state index contributed by atoms with van der Waals surface area (Å²) in [6.45, 7) is 0.132. The van der Waals surface area contributed by atoms with Gasteiger partial charge in [0.2, 0.25) is 0 Å². The van der Waals surface area contributed by atoms with E-state index in [0.717, 1.165) is 31.4 Å². The first-order chi connectivity index (χ1) is 11.3. The van der Waals surface area contributed by atoms with E-state index in [-0.39, 0.29) is 19.1 Å². The molecule has 4 heteroatoms. The molecule has 0 saturated carbocycles. The zero-order chi connectivity index (χ0) is 16.1. The SMILES string of the molecule is COc1ccc(CCC2CCC(c3ccccc3)N2CO)cc1.Cl. The van der Waals surface area contributed by atoms with E-state index in [1.54, 1.807) is 7.11 Å².